The maximum Gasteiger partial charge on any atom is 0.303 e. The molecule has 108 valence electrons. The summed E-state index contributed by atoms with van der Waals surface area (Å²) in [6.07, 6.45) is 2.25. The van der Waals surface area contributed by atoms with Crippen LogP contribution in [-0.2, 0) is 22.4 Å². The fourth-order valence-corrected chi connectivity index (χ4v) is 1.96. The molecule has 0 aliphatic carbocycles. The number of amides is 1. The van der Waals surface area contributed by atoms with Crippen molar-refractivity contribution in [3.8, 4) is 0 Å². The third-order valence-corrected chi connectivity index (χ3v) is 2.97. The molecule has 5 heteroatoms. The molecule has 1 aromatic carbocycles. The van der Waals surface area contributed by atoms with Crippen molar-refractivity contribution in [3.05, 3.63) is 59.9 Å². The van der Waals surface area contributed by atoms with Crippen LogP contribution in [0.3, 0.4) is 0 Å². The van der Waals surface area contributed by atoms with Crippen LogP contribution in [-0.4, -0.2) is 22.0 Å². The first-order valence-electron chi connectivity index (χ1n) is 6.64. The third kappa shape index (κ3) is 4.72. The van der Waals surface area contributed by atoms with E-state index in [1.807, 2.05) is 18.2 Å². The minimum Gasteiger partial charge on any atom is -0.481 e. The number of aryl methyl sites for hydroxylation is 1. The fourth-order valence-electron chi connectivity index (χ4n) is 1.96. The van der Waals surface area contributed by atoms with Crippen LogP contribution in [0.25, 0.3) is 0 Å². The largest absolute Gasteiger partial charge is 0.481 e. The Hall–Kier alpha value is -2.69. The summed E-state index contributed by atoms with van der Waals surface area (Å²) in [6, 6.07) is 12.6. The van der Waals surface area contributed by atoms with Crippen molar-refractivity contribution in [2.75, 3.05) is 5.32 Å². The number of anilines is 1. The number of carboxylic acids is 1. The summed E-state index contributed by atoms with van der Waals surface area (Å²) >= 11 is 0. The number of hydrogen-bond acceptors (Lipinski definition) is 3. The molecule has 1 heterocycles. The van der Waals surface area contributed by atoms with Gasteiger partial charge in [-0.05, 0) is 30.2 Å². The Morgan fingerprint density at radius 3 is 2.57 bits per heavy atom. The van der Waals surface area contributed by atoms with Crippen LogP contribution in [0.4, 0.5) is 5.69 Å². The number of para-hydroxylation sites is 1. The molecule has 21 heavy (non-hydrogen) atoms. The topological polar surface area (TPSA) is 79.3 Å². The van der Waals surface area contributed by atoms with E-state index in [0.717, 1.165) is 5.56 Å². The number of nitrogens with one attached hydrogen (secondary N) is 1. The zero-order valence-corrected chi connectivity index (χ0v) is 11.5. The molecule has 1 amide bonds. The number of nitrogens with zero attached hydrogens (tertiary/aromatic N) is 1. The first kappa shape index (κ1) is 14.7. The van der Waals surface area contributed by atoms with Crippen molar-refractivity contribution < 1.29 is 14.7 Å². The van der Waals surface area contributed by atoms with Gasteiger partial charge in [0, 0.05) is 24.0 Å². The van der Waals surface area contributed by atoms with Crippen LogP contribution >= 0.6 is 0 Å². The second-order valence-electron chi connectivity index (χ2n) is 4.60. The predicted molar refractivity (Wildman–Crippen MR) is 79.0 cm³/mol. The summed E-state index contributed by atoms with van der Waals surface area (Å²) in [4.78, 5) is 26.8. The van der Waals surface area contributed by atoms with Gasteiger partial charge in [0.2, 0.25) is 5.91 Å². The lowest BCUT2D eigenvalue weighted by molar-refractivity contribution is -0.136. The summed E-state index contributed by atoms with van der Waals surface area (Å²) in [6.45, 7) is 0. The smallest absolute Gasteiger partial charge is 0.303 e. The molecule has 0 aliphatic rings. The van der Waals surface area contributed by atoms with Crippen molar-refractivity contribution in [1.82, 2.24) is 4.98 Å². The summed E-state index contributed by atoms with van der Waals surface area (Å²) in [7, 11) is 0. The van der Waals surface area contributed by atoms with Crippen LogP contribution in [0, 0.1) is 0 Å². The number of carboxylic acid groups (broad SMARTS) is 1. The van der Waals surface area contributed by atoms with Gasteiger partial charge in [-0.3, -0.25) is 14.6 Å². The molecule has 0 aliphatic heterocycles. The van der Waals surface area contributed by atoms with Gasteiger partial charge in [0.1, 0.15) is 0 Å². The number of aliphatic carboxylic acids is 1. The number of carbonyl (C=O) groups excluding carboxylic acids is 1. The molecular weight excluding hydrogens is 268 g/mol. The van der Waals surface area contributed by atoms with E-state index in [-0.39, 0.29) is 18.7 Å². The van der Waals surface area contributed by atoms with Gasteiger partial charge in [0.15, 0.2) is 0 Å². The van der Waals surface area contributed by atoms with E-state index in [9.17, 15) is 9.59 Å². The zero-order valence-electron chi connectivity index (χ0n) is 11.5. The Morgan fingerprint density at radius 2 is 1.86 bits per heavy atom. The number of benzene rings is 1. The van der Waals surface area contributed by atoms with Gasteiger partial charge >= 0.3 is 5.97 Å². The van der Waals surface area contributed by atoms with Crippen molar-refractivity contribution in [2.24, 2.45) is 0 Å². The number of carbonyl (C=O) groups is 2. The average molecular weight is 284 g/mol. The van der Waals surface area contributed by atoms with E-state index in [4.69, 9.17) is 5.11 Å². The van der Waals surface area contributed by atoms with Gasteiger partial charge in [0.25, 0.3) is 0 Å². The Balaban J connectivity index is 2.01. The molecule has 1 aromatic heterocycles. The molecule has 0 bridgehead atoms. The predicted octanol–water partition coefficient (Wildman–Crippen LogP) is 2.28. The lowest BCUT2D eigenvalue weighted by Gasteiger charge is -2.10. The van der Waals surface area contributed by atoms with Crippen molar-refractivity contribution in [2.45, 2.75) is 19.3 Å². The molecule has 0 atom stereocenters. The van der Waals surface area contributed by atoms with Gasteiger partial charge < -0.3 is 10.4 Å². The van der Waals surface area contributed by atoms with E-state index in [1.165, 1.54) is 0 Å². The van der Waals surface area contributed by atoms with E-state index in [2.05, 4.69) is 10.3 Å². The summed E-state index contributed by atoms with van der Waals surface area (Å²) in [5.74, 6) is -1.03. The van der Waals surface area contributed by atoms with Crippen LogP contribution in [0.5, 0.6) is 0 Å². The molecule has 5 nitrogen and oxygen atoms in total. The standard InChI is InChI=1S/C16H16N2O3/c19-15(11-13-6-3-4-10-17-13)18-14-7-2-1-5-12(14)8-9-16(20)21/h1-7,10H,8-9,11H2,(H,18,19)(H,20,21). The minimum atomic E-state index is -0.857. The third-order valence-electron chi connectivity index (χ3n) is 2.97. The maximum atomic E-state index is 12.0. The average Bonchev–Trinajstić information content (AvgIpc) is 2.47. The maximum absolute atomic E-state index is 12.0. The number of rotatable bonds is 6. The Kier molecular flexibility index (Phi) is 5.04. The Bertz CT molecular complexity index is 626. The Morgan fingerprint density at radius 1 is 1.10 bits per heavy atom. The van der Waals surface area contributed by atoms with Crippen molar-refractivity contribution in [3.63, 3.8) is 0 Å². The molecule has 2 N–H and O–H groups in total. The SMILES string of the molecule is O=C(O)CCc1ccccc1NC(=O)Cc1ccccn1. The van der Waals surface area contributed by atoms with E-state index >= 15 is 0 Å². The lowest BCUT2D eigenvalue weighted by atomic mass is 10.1. The van der Waals surface area contributed by atoms with E-state index in [0.29, 0.717) is 17.8 Å². The highest BCUT2D eigenvalue weighted by molar-refractivity contribution is 5.92. The molecular formula is C16H16N2O3. The summed E-state index contributed by atoms with van der Waals surface area (Å²) in [5.41, 5.74) is 2.16. The molecule has 2 rings (SSSR count). The Labute approximate surface area is 122 Å². The monoisotopic (exact) mass is 284 g/mol. The van der Waals surface area contributed by atoms with Crippen molar-refractivity contribution >= 4 is 17.6 Å². The van der Waals surface area contributed by atoms with Crippen LogP contribution in [0.1, 0.15) is 17.7 Å². The van der Waals surface area contributed by atoms with Gasteiger partial charge in [-0.15, -0.1) is 0 Å². The van der Waals surface area contributed by atoms with Crippen molar-refractivity contribution in [1.29, 1.82) is 0 Å². The molecule has 0 saturated heterocycles. The fraction of sp³-hybridized carbons (Fsp3) is 0.188. The molecule has 2 aromatic rings. The van der Waals surface area contributed by atoms with Crippen LogP contribution in [0.2, 0.25) is 0 Å². The quantitative estimate of drug-likeness (QED) is 0.853. The summed E-state index contributed by atoms with van der Waals surface area (Å²) in [5, 5.41) is 11.6. The highest BCUT2D eigenvalue weighted by atomic mass is 16.4. The van der Waals surface area contributed by atoms with E-state index < -0.39 is 5.97 Å². The van der Waals surface area contributed by atoms with Gasteiger partial charge in [0.05, 0.1) is 6.42 Å². The molecule has 0 spiro atoms. The van der Waals surface area contributed by atoms with Gasteiger partial charge in [-0.2, -0.15) is 0 Å². The zero-order chi connectivity index (χ0) is 15.1. The molecule has 0 fully saturated rings. The van der Waals surface area contributed by atoms with Gasteiger partial charge in [-0.1, -0.05) is 24.3 Å². The molecule has 0 radical (unpaired) electrons. The number of pyridine rings is 1. The number of hydrogen-bond donors (Lipinski definition) is 2. The molecule has 0 saturated carbocycles. The van der Waals surface area contributed by atoms with Crippen LogP contribution in [0.15, 0.2) is 48.7 Å². The first-order chi connectivity index (χ1) is 10.1. The highest BCUT2D eigenvalue weighted by Crippen LogP contribution is 2.17. The lowest BCUT2D eigenvalue weighted by Crippen LogP contribution is -2.16. The normalized spacial score (nSPS) is 10.1. The van der Waals surface area contributed by atoms with Gasteiger partial charge in [-0.25, -0.2) is 0 Å². The molecule has 0 unspecified atom stereocenters. The second-order valence-corrected chi connectivity index (χ2v) is 4.60. The highest BCUT2D eigenvalue weighted by Gasteiger charge is 2.09. The second kappa shape index (κ2) is 7.19. The minimum absolute atomic E-state index is 0.0348. The van der Waals surface area contributed by atoms with E-state index in [1.54, 1.807) is 30.5 Å². The van der Waals surface area contributed by atoms with Crippen LogP contribution < -0.4 is 5.32 Å². The summed E-state index contributed by atoms with van der Waals surface area (Å²) < 4.78 is 0. The first-order valence-corrected chi connectivity index (χ1v) is 6.64. The number of aromatic nitrogens is 1.